The maximum Gasteiger partial charge on any atom is 0.387 e. The molecule has 2 amide bonds. The largest absolute Gasteiger partial charge is 0.435 e. The summed E-state index contributed by atoms with van der Waals surface area (Å²) in [7, 11) is -2.57. The summed E-state index contributed by atoms with van der Waals surface area (Å²) < 4.78 is 53.3. The number of carbonyl (C=O) groups excluding carboxylic acids is 2. The van der Waals surface area contributed by atoms with E-state index in [1.807, 2.05) is 0 Å². The molecule has 0 unspecified atom stereocenters. The fraction of sp³-hybridized carbons (Fsp3) is 0.381. The normalized spacial score (nSPS) is 23.0. The van der Waals surface area contributed by atoms with E-state index in [1.54, 1.807) is 32.9 Å². The van der Waals surface area contributed by atoms with Crippen LogP contribution in [0, 0.1) is 0 Å². The van der Waals surface area contributed by atoms with Crippen molar-refractivity contribution in [2.75, 3.05) is 10.7 Å². The number of nitrogens with zero attached hydrogens (tertiary/aromatic N) is 2. The van der Waals surface area contributed by atoms with Gasteiger partial charge in [0.05, 0.1) is 27.3 Å². The van der Waals surface area contributed by atoms with Gasteiger partial charge in [-0.3, -0.25) is 14.5 Å². The summed E-state index contributed by atoms with van der Waals surface area (Å²) in [6.45, 7) is 1.99. The maximum atomic E-state index is 13.2. The Morgan fingerprint density at radius 2 is 2.00 bits per heavy atom. The van der Waals surface area contributed by atoms with E-state index >= 15 is 0 Å². The van der Waals surface area contributed by atoms with E-state index in [4.69, 9.17) is 0 Å². The number of aromatic nitrogens is 1. The summed E-state index contributed by atoms with van der Waals surface area (Å²) in [4.78, 5) is 30.8. The van der Waals surface area contributed by atoms with Gasteiger partial charge in [-0.25, -0.2) is 13.4 Å². The lowest BCUT2D eigenvalue weighted by molar-refractivity contribution is -0.121. The first-order chi connectivity index (χ1) is 15.3. The van der Waals surface area contributed by atoms with Crippen molar-refractivity contribution in [1.29, 1.82) is 0 Å². The van der Waals surface area contributed by atoms with Crippen LogP contribution in [0.5, 0.6) is 5.75 Å². The van der Waals surface area contributed by atoms with Crippen molar-refractivity contribution in [3.63, 3.8) is 0 Å². The zero-order valence-corrected chi connectivity index (χ0v) is 19.6. The fourth-order valence-electron chi connectivity index (χ4n) is 3.83. The molecule has 176 valence electrons. The predicted molar refractivity (Wildman–Crippen MR) is 119 cm³/mol. The Bertz CT molecular complexity index is 1250. The Morgan fingerprint density at radius 3 is 2.64 bits per heavy atom. The van der Waals surface area contributed by atoms with Gasteiger partial charge in [0.15, 0.2) is 0 Å². The number of hydrogen-bond donors (Lipinski definition) is 1. The van der Waals surface area contributed by atoms with Crippen LogP contribution in [0.25, 0.3) is 0 Å². The van der Waals surface area contributed by atoms with Crippen LogP contribution in [0.1, 0.15) is 43.1 Å². The van der Waals surface area contributed by atoms with Crippen LogP contribution in [0.15, 0.2) is 36.5 Å². The average Bonchev–Trinajstić information content (AvgIpc) is 3.10. The van der Waals surface area contributed by atoms with Gasteiger partial charge in [-0.2, -0.15) is 8.78 Å². The summed E-state index contributed by atoms with van der Waals surface area (Å²) in [5.41, 5.74) is -0.0857. The molecule has 1 aromatic heterocycles. The van der Waals surface area contributed by atoms with Gasteiger partial charge in [-0.15, -0.1) is 0 Å². The van der Waals surface area contributed by atoms with Crippen molar-refractivity contribution in [2.24, 2.45) is 0 Å². The molecule has 2 aromatic rings. The second-order valence-electron chi connectivity index (χ2n) is 8.52. The number of alkyl halides is 2. The van der Waals surface area contributed by atoms with Crippen LogP contribution in [0.4, 0.5) is 20.3 Å². The smallest absolute Gasteiger partial charge is 0.387 e. The maximum absolute atomic E-state index is 13.2. The Hall–Kier alpha value is -2.73. The third kappa shape index (κ3) is 4.41. The number of ether oxygens (including phenoxy) is 1. The van der Waals surface area contributed by atoms with Crippen molar-refractivity contribution in [3.05, 3.63) is 47.7 Å². The monoisotopic (exact) mass is 497 g/mol. The molecule has 1 fully saturated rings. The van der Waals surface area contributed by atoms with Crippen LogP contribution in [-0.2, 0) is 19.1 Å². The van der Waals surface area contributed by atoms with Crippen LogP contribution in [-0.4, -0.2) is 42.5 Å². The molecule has 1 aromatic carbocycles. The molecule has 12 heteroatoms. The molecule has 1 atom stereocenters. The van der Waals surface area contributed by atoms with E-state index in [1.165, 1.54) is 29.3 Å². The van der Waals surface area contributed by atoms with Gasteiger partial charge in [0, 0.05) is 17.8 Å². The van der Waals surface area contributed by atoms with Gasteiger partial charge < -0.3 is 10.1 Å². The minimum absolute atomic E-state index is 0.0261. The standard InChI is InChI=1S/C21H21F2N3O5S2/c1-20(2)15-9-12(17(27)25-21(3)7-8-33(29,30)32-21)11-24-16(15)26(18(20)28)13-5-4-6-14(10-13)31-19(22)23/h4-6,9-11,19H,7-8H2,1-3H3,(H,25,27)/t21-/m1/s1. The van der Waals surface area contributed by atoms with E-state index in [0.717, 1.165) is 0 Å². The molecule has 2 aliphatic heterocycles. The van der Waals surface area contributed by atoms with E-state index < -0.39 is 31.7 Å². The third-order valence-electron chi connectivity index (χ3n) is 5.57. The van der Waals surface area contributed by atoms with E-state index in [-0.39, 0.29) is 35.2 Å². The predicted octanol–water partition coefficient (Wildman–Crippen LogP) is 3.55. The zero-order chi connectivity index (χ0) is 24.2. The summed E-state index contributed by atoms with van der Waals surface area (Å²) >= 11 is 0. The van der Waals surface area contributed by atoms with Gasteiger partial charge in [-0.1, -0.05) is 6.07 Å². The molecule has 8 nitrogen and oxygen atoms in total. The first kappa shape index (κ1) is 23.4. The number of fused-ring (bicyclic) bond motifs is 1. The molecule has 0 aliphatic carbocycles. The second kappa shape index (κ2) is 7.94. The summed E-state index contributed by atoms with van der Waals surface area (Å²) in [6.07, 6.45) is 1.58. The number of rotatable bonds is 5. The number of amides is 2. The lowest BCUT2D eigenvalue weighted by Gasteiger charge is -2.23. The quantitative estimate of drug-likeness (QED) is 0.630. The van der Waals surface area contributed by atoms with Gasteiger partial charge >= 0.3 is 6.61 Å². The van der Waals surface area contributed by atoms with E-state index in [9.17, 15) is 26.8 Å². The van der Waals surface area contributed by atoms with Gasteiger partial charge in [0.2, 0.25) is 14.8 Å². The van der Waals surface area contributed by atoms with Gasteiger partial charge in [-0.05, 0) is 56.2 Å². The zero-order valence-electron chi connectivity index (χ0n) is 18.0. The van der Waals surface area contributed by atoms with E-state index in [2.05, 4.69) is 15.0 Å². The number of pyridine rings is 1. The van der Waals surface area contributed by atoms with Crippen molar-refractivity contribution >= 4 is 43.0 Å². The molecule has 0 radical (unpaired) electrons. The Balaban J connectivity index is 1.66. The molecule has 0 spiro atoms. The molecule has 33 heavy (non-hydrogen) atoms. The number of nitrogens with one attached hydrogen (secondary N) is 1. The molecule has 1 saturated heterocycles. The second-order valence-corrected chi connectivity index (χ2v) is 13.1. The highest BCUT2D eigenvalue weighted by Gasteiger charge is 2.46. The van der Waals surface area contributed by atoms with Crippen LogP contribution in [0.2, 0.25) is 0 Å². The molecule has 0 saturated carbocycles. The molecule has 0 bridgehead atoms. The van der Waals surface area contributed by atoms with Crippen LogP contribution in [0.3, 0.4) is 0 Å². The minimum Gasteiger partial charge on any atom is -0.435 e. The summed E-state index contributed by atoms with van der Waals surface area (Å²) in [6, 6.07) is 7.27. The van der Waals surface area contributed by atoms with Gasteiger partial charge in [0.1, 0.15) is 11.6 Å². The highest BCUT2D eigenvalue weighted by atomic mass is 33.1. The van der Waals surface area contributed by atoms with E-state index in [0.29, 0.717) is 22.0 Å². The summed E-state index contributed by atoms with van der Waals surface area (Å²) in [5.74, 6) is -0.705. The number of anilines is 2. The Kier molecular flexibility index (Phi) is 5.64. The SMILES string of the molecule is CC1(C)C(=O)N(c2cccc(OC(F)F)c2)c2ncc(C(=O)N[C@@]3(C)CCS(=O)(=O)S3)cc21. The van der Waals surface area contributed by atoms with Crippen molar-refractivity contribution in [3.8, 4) is 5.75 Å². The molecular formula is C21H21F2N3O5S2. The number of halogens is 2. The van der Waals surface area contributed by atoms with Crippen molar-refractivity contribution in [1.82, 2.24) is 10.3 Å². The number of hydrogen-bond acceptors (Lipinski definition) is 7. The first-order valence-electron chi connectivity index (χ1n) is 9.97. The fourth-order valence-corrected chi connectivity index (χ4v) is 8.14. The highest BCUT2D eigenvalue weighted by Crippen LogP contribution is 2.45. The topological polar surface area (TPSA) is 106 Å². The highest BCUT2D eigenvalue weighted by molar-refractivity contribution is 8.73. The third-order valence-corrected chi connectivity index (χ3v) is 9.57. The lowest BCUT2D eigenvalue weighted by Crippen LogP contribution is -2.41. The Labute approximate surface area is 193 Å². The molecule has 4 rings (SSSR count). The van der Waals surface area contributed by atoms with Crippen molar-refractivity contribution in [2.45, 2.75) is 44.1 Å². The number of carbonyl (C=O) groups is 2. The molecule has 2 aliphatic rings. The van der Waals surface area contributed by atoms with Crippen LogP contribution < -0.4 is 15.0 Å². The Morgan fingerprint density at radius 1 is 1.27 bits per heavy atom. The summed E-state index contributed by atoms with van der Waals surface area (Å²) in [5, 5.41) is 2.74. The van der Waals surface area contributed by atoms with Gasteiger partial charge in [0.25, 0.3) is 5.91 Å². The molecule has 1 N–H and O–H groups in total. The first-order valence-corrected chi connectivity index (χ1v) is 13.0. The van der Waals surface area contributed by atoms with Crippen LogP contribution >= 0.6 is 10.8 Å². The number of benzene rings is 1. The average molecular weight is 498 g/mol. The molecule has 3 heterocycles. The lowest BCUT2D eigenvalue weighted by atomic mass is 9.86. The molecular weight excluding hydrogens is 476 g/mol. The minimum atomic E-state index is -3.29. The van der Waals surface area contributed by atoms with Crippen molar-refractivity contribution < 1.29 is 31.5 Å².